The number of hydrogen-bond donors (Lipinski definition) is 1. The highest BCUT2D eigenvalue weighted by molar-refractivity contribution is 5.87. The van der Waals surface area contributed by atoms with E-state index in [-0.39, 0.29) is 11.0 Å². The average Bonchev–Trinajstić information content (AvgIpc) is 2.45. The van der Waals surface area contributed by atoms with Gasteiger partial charge in [-0.05, 0) is 54.0 Å². The first-order valence-electron chi connectivity index (χ1n) is 6.85. The molecule has 1 heterocycles. The molecule has 0 fully saturated rings. The summed E-state index contributed by atoms with van der Waals surface area (Å²) in [7, 11) is 0. The van der Waals surface area contributed by atoms with E-state index in [0.717, 1.165) is 17.6 Å². The highest BCUT2D eigenvalue weighted by atomic mass is 16.4. The van der Waals surface area contributed by atoms with E-state index in [1.54, 1.807) is 6.07 Å². The van der Waals surface area contributed by atoms with Crippen LogP contribution >= 0.6 is 0 Å². The molecule has 0 bridgehead atoms. The standard InChI is InChI=1S/C18H21NO2/c1-6-18(4,5)14(3)11-13(2)7-9-16-10-8-15(12-19-16)17(20)21/h8,10-12H,3,6H2,1-2,4-5H3,(H,20,21)/b13-11+. The molecule has 3 heteroatoms. The van der Waals surface area contributed by atoms with Crippen molar-refractivity contribution in [3.8, 4) is 11.8 Å². The minimum atomic E-state index is -0.990. The van der Waals surface area contributed by atoms with Crippen LogP contribution in [0.2, 0.25) is 0 Å². The number of rotatable bonds is 4. The molecule has 0 aliphatic rings. The maximum absolute atomic E-state index is 10.7. The lowest BCUT2D eigenvalue weighted by Crippen LogP contribution is -2.11. The lowest BCUT2D eigenvalue weighted by Gasteiger charge is -2.23. The Morgan fingerprint density at radius 3 is 2.62 bits per heavy atom. The van der Waals surface area contributed by atoms with Gasteiger partial charge in [-0.15, -0.1) is 0 Å². The Labute approximate surface area is 126 Å². The number of nitrogens with zero attached hydrogens (tertiary/aromatic N) is 1. The minimum absolute atomic E-state index is 0.0598. The lowest BCUT2D eigenvalue weighted by molar-refractivity contribution is 0.0696. The van der Waals surface area contributed by atoms with Crippen LogP contribution in [-0.2, 0) is 0 Å². The molecule has 0 amide bonds. The van der Waals surface area contributed by atoms with E-state index in [0.29, 0.717) is 5.69 Å². The van der Waals surface area contributed by atoms with Gasteiger partial charge in [0.1, 0.15) is 5.69 Å². The number of pyridine rings is 1. The van der Waals surface area contributed by atoms with Crippen LogP contribution in [0.25, 0.3) is 0 Å². The zero-order chi connectivity index (χ0) is 16.0. The summed E-state index contributed by atoms with van der Waals surface area (Å²) >= 11 is 0. The Morgan fingerprint density at radius 1 is 1.48 bits per heavy atom. The molecule has 0 radical (unpaired) electrons. The summed E-state index contributed by atoms with van der Waals surface area (Å²) in [5.74, 6) is 4.95. The second kappa shape index (κ2) is 6.90. The first-order chi connectivity index (χ1) is 9.76. The fraction of sp³-hybridized carbons (Fsp3) is 0.333. The fourth-order valence-electron chi connectivity index (χ4n) is 1.48. The molecule has 0 aliphatic heterocycles. The minimum Gasteiger partial charge on any atom is -0.478 e. The number of hydrogen-bond acceptors (Lipinski definition) is 2. The molecular weight excluding hydrogens is 262 g/mol. The Bertz CT molecular complexity index is 625. The van der Waals surface area contributed by atoms with E-state index in [9.17, 15) is 4.79 Å². The SMILES string of the molecule is C=C(/C=C(\C)C#Cc1ccc(C(=O)O)cn1)C(C)(C)CC. The molecule has 0 saturated heterocycles. The predicted octanol–water partition coefficient (Wildman–Crippen LogP) is 4.07. The molecule has 0 spiro atoms. The molecule has 110 valence electrons. The van der Waals surface area contributed by atoms with E-state index >= 15 is 0 Å². The summed E-state index contributed by atoms with van der Waals surface area (Å²) in [5.41, 5.74) is 2.72. The van der Waals surface area contributed by atoms with Gasteiger partial charge in [-0.1, -0.05) is 33.3 Å². The summed E-state index contributed by atoms with van der Waals surface area (Å²) in [4.78, 5) is 14.7. The second-order valence-electron chi connectivity index (χ2n) is 5.58. The molecule has 0 aliphatic carbocycles. The number of aromatic carboxylic acids is 1. The van der Waals surface area contributed by atoms with Gasteiger partial charge in [-0.25, -0.2) is 9.78 Å². The smallest absolute Gasteiger partial charge is 0.337 e. The van der Waals surface area contributed by atoms with Gasteiger partial charge in [0.05, 0.1) is 5.56 Å². The van der Waals surface area contributed by atoms with Crippen molar-refractivity contribution < 1.29 is 9.90 Å². The van der Waals surface area contributed by atoms with Crippen molar-refractivity contribution in [2.24, 2.45) is 5.41 Å². The van der Waals surface area contributed by atoms with Crippen LogP contribution in [0.15, 0.2) is 42.1 Å². The first-order valence-corrected chi connectivity index (χ1v) is 6.85. The van der Waals surface area contributed by atoms with Crippen LogP contribution in [0, 0.1) is 17.3 Å². The zero-order valence-electron chi connectivity index (χ0n) is 13.0. The Hall–Kier alpha value is -2.34. The summed E-state index contributed by atoms with van der Waals surface area (Å²) in [6.45, 7) is 12.5. The molecule has 0 atom stereocenters. The zero-order valence-corrected chi connectivity index (χ0v) is 13.0. The first kappa shape index (κ1) is 16.7. The Balaban J connectivity index is 2.86. The Morgan fingerprint density at radius 2 is 2.14 bits per heavy atom. The van der Waals surface area contributed by atoms with Crippen LogP contribution in [-0.4, -0.2) is 16.1 Å². The molecule has 1 rings (SSSR count). The number of aromatic nitrogens is 1. The van der Waals surface area contributed by atoms with Gasteiger partial charge >= 0.3 is 5.97 Å². The maximum Gasteiger partial charge on any atom is 0.337 e. The van der Waals surface area contributed by atoms with E-state index in [1.165, 1.54) is 12.3 Å². The molecule has 1 N–H and O–H groups in total. The molecule has 1 aromatic rings. The number of carboxylic acids is 1. The Kier molecular flexibility index (Phi) is 5.49. The van der Waals surface area contributed by atoms with Gasteiger partial charge in [0.25, 0.3) is 0 Å². The third-order valence-electron chi connectivity index (χ3n) is 3.54. The third-order valence-corrected chi connectivity index (χ3v) is 3.54. The van der Waals surface area contributed by atoms with Crippen molar-refractivity contribution in [2.45, 2.75) is 34.1 Å². The number of allylic oxidation sites excluding steroid dienone is 3. The van der Waals surface area contributed by atoms with Crippen LogP contribution in [0.5, 0.6) is 0 Å². The van der Waals surface area contributed by atoms with E-state index in [1.807, 2.05) is 13.0 Å². The maximum atomic E-state index is 10.7. The normalized spacial score (nSPS) is 11.5. The molecule has 21 heavy (non-hydrogen) atoms. The molecule has 1 aromatic heterocycles. The highest BCUT2D eigenvalue weighted by Gasteiger charge is 2.17. The molecule has 0 aromatic carbocycles. The monoisotopic (exact) mass is 283 g/mol. The van der Waals surface area contributed by atoms with E-state index < -0.39 is 5.97 Å². The van der Waals surface area contributed by atoms with Gasteiger partial charge in [0.15, 0.2) is 0 Å². The van der Waals surface area contributed by atoms with Crippen molar-refractivity contribution >= 4 is 5.97 Å². The van der Waals surface area contributed by atoms with Crippen LogP contribution in [0.4, 0.5) is 0 Å². The highest BCUT2D eigenvalue weighted by Crippen LogP contribution is 2.29. The van der Waals surface area contributed by atoms with Crippen LogP contribution in [0.1, 0.15) is 50.2 Å². The van der Waals surface area contributed by atoms with Gasteiger partial charge in [-0.2, -0.15) is 0 Å². The van der Waals surface area contributed by atoms with E-state index in [2.05, 4.69) is 44.2 Å². The average molecular weight is 283 g/mol. The van der Waals surface area contributed by atoms with E-state index in [4.69, 9.17) is 5.11 Å². The molecule has 0 unspecified atom stereocenters. The van der Waals surface area contributed by atoms with Gasteiger partial charge < -0.3 is 5.11 Å². The summed E-state index contributed by atoms with van der Waals surface area (Å²) < 4.78 is 0. The third kappa shape index (κ3) is 4.92. The second-order valence-corrected chi connectivity index (χ2v) is 5.58. The summed E-state index contributed by atoms with van der Waals surface area (Å²) in [5, 5.41) is 8.80. The fourth-order valence-corrected chi connectivity index (χ4v) is 1.48. The molecule has 0 saturated carbocycles. The summed E-state index contributed by atoms with van der Waals surface area (Å²) in [6.07, 6.45) is 4.31. The number of carboxylic acid groups (broad SMARTS) is 1. The molecular formula is C18H21NO2. The van der Waals surface area contributed by atoms with Crippen LogP contribution in [0.3, 0.4) is 0 Å². The number of carbonyl (C=O) groups is 1. The lowest BCUT2D eigenvalue weighted by atomic mass is 9.82. The largest absolute Gasteiger partial charge is 0.478 e. The van der Waals surface area contributed by atoms with Crippen molar-refractivity contribution in [3.63, 3.8) is 0 Å². The van der Waals surface area contributed by atoms with Gasteiger partial charge in [-0.3, -0.25) is 0 Å². The van der Waals surface area contributed by atoms with Crippen molar-refractivity contribution in [3.05, 3.63) is 53.4 Å². The molecule has 3 nitrogen and oxygen atoms in total. The van der Waals surface area contributed by atoms with Crippen LogP contribution < -0.4 is 0 Å². The summed E-state index contributed by atoms with van der Waals surface area (Å²) in [6, 6.07) is 3.10. The van der Waals surface area contributed by atoms with Crippen molar-refractivity contribution in [1.82, 2.24) is 4.98 Å². The van der Waals surface area contributed by atoms with Gasteiger partial charge in [0, 0.05) is 6.20 Å². The van der Waals surface area contributed by atoms with Crippen molar-refractivity contribution in [1.29, 1.82) is 0 Å². The topological polar surface area (TPSA) is 50.2 Å². The quantitative estimate of drug-likeness (QED) is 0.669. The predicted molar refractivity (Wildman–Crippen MR) is 85.0 cm³/mol. The van der Waals surface area contributed by atoms with Gasteiger partial charge in [0.2, 0.25) is 0 Å². The van der Waals surface area contributed by atoms with Crippen molar-refractivity contribution in [2.75, 3.05) is 0 Å².